The maximum absolute atomic E-state index is 9.32. The fraction of sp³-hybridized carbons (Fsp3) is 0.375. The standard InChI is InChI=1S/C8H10BNO/c1-6-3-2-4-10-8(6)7(11)5-9/h2-4,7,11H,5H2,1H3. The lowest BCUT2D eigenvalue weighted by Crippen LogP contribution is -2.01. The second-order valence-electron chi connectivity index (χ2n) is 2.46. The van der Waals surface area contributed by atoms with E-state index in [2.05, 4.69) is 4.98 Å². The fourth-order valence-electron chi connectivity index (χ4n) is 0.958. The van der Waals surface area contributed by atoms with Gasteiger partial charge in [0.15, 0.2) is 0 Å². The average Bonchev–Trinajstić information content (AvgIpc) is 2.04. The summed E-state index contributed by atoms with van der Waals surface area (Å²) in [5, 5.41) is 9.32. The zero-order valence-corrected chi connectivity index (χ0v) is 6.49. The highest BCUT2D eigenvalue weighted by Crippen LogP contribution is 2.15. The van der Waals surface area contributed by atoms with Gasteiger partial charge in [0.2, 0.25) is 0 Å². The minimum Gasteiger partial charge on any atom is -0.388 e. The summed E-state index contributed by atoms with van der Waals surface area (Å²) < 4.78 is 0. The molecule has 0 saturated heterocycles. The highest BCUT2D eigenvalue weighted by atomic mass is 16.3. The summed E-state index contributed by atoms with van der Waals surface area (Å²) in [6.45, 7) is 1.90. The lowest BCUT2D eigenvalue weighted by Gasteiger charge is -2.08. The minimum absolute atomic E-state index is 0.220. The van der Waals surface area contributed by atoms with E-state index in [0.717, 1.165) is 5.56 Å². The highest BCUT2D eigenvalue weighted by molar-refractivity contribution is 6.08. The number of aryl methyl sites for hydroxylation is 1. The van der Waals surface area contributed by atoms with Crippen LogP contribution in [-0.2, 0) is 0 Å². The summed E-state index contributed by atoms with van der Waals surface area (Å²) in [6, 6.07) is 3.74. The monoisotopic (exact) mass is 147 g/mol. The van der Waals surface area contributed by atoms with Crippen LogP contribution in [0.15, 0.2) is 18.3 Å². The SMILES string of the molecule is [B]CC(O)c1ncccc1C. The van der Waals surface area contributed by atoms with Crippen LogP contribution in [0.2, 0.25) is 6.32 Å². The van der Waals surface area contributed by atoms with Gasteiger partial charge in [-0.2, -0.15) is 0 Å². The number of hydrogen-bond donors (Lipinski definition) is 1. The van der Waals surface area contributed by atoms with Crippen LogP contribution in [-0.4, -0.2) is 17.9 Å². The van der Waals surface area contributed by atoms with Crippen molar-refractivity contribution in [1.29, 1.82) is 0 Å². The molecule has 56 valence electrons. The average molecular weight is 147 g/mol. The number of aliphatic hydroxyl groups is 1. The zero-order chi connectivity index (χ0) is 8.27. The van der Waals surface area contributed by atoms with Gasteiger partial charge in [-0.1, -0.05) is 12.4 Å². The van der Waals surface area contributed by atoms with Crippen molar-refractivity contribution in [2.75, 3.05) is 0 Å². The molecule has 1 heterocycles. The molecule has 11 heavy (non-hydrogen) atoms. The zero-order valence-electron chi connectivity index (χ0n) is 6.49. The maximum atomic E-state index is 9.32. The Kier molecular flexibility index (Phi) is 2.66. The van der Waals surface area contributed by atoms with Crippen molar-refractivity contribution in [1.82, 2.24) is 4.98 Å². The summed E-state index contributed by atoms with van der Waals surface area (Å²) >= 11 is 0. The van der Waals surface area contributed by atoms with Gasteiger partial charge in [0, 0.05) is 6.20 Å². The minimum atomic E-state index is -0.629. The van der Waals surface area contributed by atoms with Crippen molar-refractivity contribution in [3.05, 3.63) is 29.6 Å². The summed E-state index contributed by atoms with van der Waals surface area (Å²) in [4.78, 5) is 4.02. The molecule has 1 rings (SSSR count). The normalized spacial score (nSPS) is 12.9. The summed E-state index contributed by atoms with van der Waals surface area (Å²) in [5.41, 5.74) is 1.65. The van der Waals surface area contributed by atoms with Gasteiger partial charge < -0.3 is 5.11 Å². The van der Waals surface area contributed by atoms with E-state index in [4.69, 9.17) is 7.85 Å². The molecule has 0 fully saturated rings. The van der Waals surface area contributed by atoms with Gasteiger partial charge >= 0.3 is 0 Å². The molecule has 3 heteroatoms. The maximum Gasteiger partial charge on any atom is 0.0885 e. The Balaban J connectivity index is 2.93. The Morgan fingerprint density at radius 3 is 3.00 bits per heavy atom. The van der Waals surface area contributed by atoms with E-state index in [0.29, 0.717) is 5.69 Å². The topological polar surface area (TPSA) is 33.1 Å². The summed E-state index contributed by atoms with van der Waals surface area (Å²) in [7, 11) is 5.28. The van der Waals surface area contributed by atoms with Gasteiger partial charge in [0.25, 0.3) is 0 Å². The lowest BCUT2D eigenvalue weighted by molar-refractivity contribution is 0.194. The number of nitrogens with zero attached hydrogens (tertiary/aromatic N) is 1. The van der Waals surface area contributed by atoms with Crippen molar-refractivity contribution in [2.24, 2.45) is 0 Å². The van der Waals surface area contributed by atoms with Crippen LogP contribution in [0.5, 0.6) is 0 Å². The molecular formula is C8H10BNO. The van der Waals surface area contributed by atoms with Gasteiger partial charge in [-0.05, 0) is 18.6 Å². The number of aromatic nitrogens is 1. The molecule has 0 aliphatic carbocycles. The molecule has 2 nitrogen and oxygen atoms in total. The molecule has 0 aliphatic heterocycles. The molecule has 0 spiro atoms. The predicted molar refractivity (Wildman–Crippen MR) is 44.5 cm³/mol. The number of hydrogen-bond acceptors (Lipinski definition) is 2. The molecule has 0 bridgehead atoms. The van der Waals surface area contributed by atoms with Crippen LogP contribution in [0.25, 0.3) is 0 Å². The largest absolute Gasteiger partial charge is 0.388 e. The third-order valence-electron chi connectivity index (χ3n) is 1.59. The molecule has 0 saturated carbocycles. The highest BCUT2D eigenvalue weighted by Gasteiger charge is 2.07. The van der Waals surface area contributed by atoms with Gasteiger partial charge in [-0.25, -0.2) is 0 Å². The second kappa shape index (κ2) is 3.53. The first kappa shape index (κ1) is 8.27. The smallest absolute Gasteiger partial charge is 0.0885 e. The Bertz CT molecular complexity index is 239. The van der Waals surface area contributed by atoms with Crippen molar-refractivity contribution in [3.8, 4) is 0 Å². The van der Waals surface area contributed by atoms with Crippen LogP contribution < -0.4 is 0 Å². The van der Waals surface area contributed by atoms with Gasteiger partial charge in [-0.15, -0.1) is 0 Å². The van der Waals surface area contributed by atoms with E-state index in [9.17, 15) is 5.11 Å². The molecule has 0 aromatic carbocycles. The summed E-state index contributed by atoms with van der Waals surface area (Å²) in [5.74, 6) is 0. The Hall–Kier alpha value is -0.825. The van der Waals surface area contributed by atoms with Crippen molar-refractivity contribution < 1.29 is 5.11 Å². The van der Waals surface area contributed by atoms with E-state index < -0.39 is 6.10 Å². The van der Waals surface area contributed by atoms with Crippen LogP contribution in [0.4, 0.5) is 0 Å². The molecule has 0 aliphatic rings. The first-order valence-electron chi connectivity index (χ1n) is 3.55. The van der Waals surface area contributed by atoms with Crippen molar-refractivity contribution in [3.63, 3.8) is 0 Å². The fourth-order valence-corrected chi connectivity index (χ4v) is 0.958. The van der Waals surface area contributed by atoms with E-state index in [1.165, 1.54) is 0 Å². The third kappa shape index (κ3) is 1.81. The third-order valence-corrected chi connectivity index (χ3v) is 1.59. The second-order valence-corrected chi connectivity index (χ2v) is 2.46. The first-order chi connectivity index (χ1) is 5.25. The van der Waals surface area contributed by atoms with Gasteiger partial charge in [0.1, 0.15) is 0 Å². The molecular weight excluding hydrogens is 137 g/mol. The number of aliphatic hydroxyl groups excluding tert-OH is 1. The Morgan fingerprint density at radius 2 is 2.45 bits per heavy atom. The number of rotatable bonds is 2. The molecule has 2 radical (unpaired) electrons. The Labute approximate surface area is 67.7 Å². The Morgan fingerprint density at radius 1 is 1.73 bits per heavy atom. The molecule has 0 amide bonds. The van der Waals surface area contributed by atoms with E-state index in [1.807, 2.05) is 19.1 Å². The van der Waals surface area contributed by atoms with Crippen LogP contribution in [0.3, 0.4) is 0 Å². The molecule has 1 atom stereocenters. The molecule has 1 unspecified atom stereocenters. The van der Waals surface area contributed by atoms with Gasteiger partial charge in [0.05, 0.1) is 19.6 Å². The summed E-state index contributed by atoms with van der Waals surface area (Å²) in [6.07, 6.45) is 1.25. The number of pyridine rings is 1. The van der Waals surface area contributed by atoms with Crippen LogP contribution in [0.1, 0.15) is 17.4 Å². The van der Waals surface area contributed by atoms with E-state index in [1.54, 1.807) is 6.20 Å². The molecule has 1 aromatic rings. The van der Waals surface area contributed by atoms with Crippen LogP contribution >= 0.6 is 0 Å². The van der Waals surface area contributed by atoms with Crippen molar-refractivity contribution >= 4 is 7.85 Å². The molecule has 1 N–H and O–H groups in total. The lowest BCUT2D eigenvalue weighted by atomic mass is 9.95. The predicted octanol–water partition coefficient (Wildman–Crippen LogP) is 1.01. The first-order valence-corrected chi connectivity index (χ1v) is 3.55. The molecule has 1 aromatic heterocycles. The van der Waals surface area contributed by atoms with Crippen molar-refractivity contribution in [2.45, 2.75) is 19.3 Å². The quantitative estimate of drug-likeness (QED) is 0.633. The van der Waals surface area contributed by atoms with E-state index >= 15 is 0 Å². The van der Waals surface area contributed by atoms with E-state index in [-0.39, 0.29) is 6.32 Å². The van der Waals surface area contributed by atoms with Crippen LogP contribution in [0, 0.1) is 6.92 Å². The van der Waals surface area contributed by atoms with Gasteiger partial charge in [-0.3, -0.25) is 4.98 Å².